The summed E-state index contributed by atoms with van der Waals surface area (Å²) in [5, 5.41) is 5.11. The molecule has 1 N–H and O–H groups in total. The number of esters is 1. The van der Waals surface area contributed by atoms with Crippen LogP contribution >= 0.6 is 11.3 Å². The quantitative estimate of drug-likeness (QED) is 0.805. The molecule has 1 aromatic heterocycles. The number of hydrogen-bond acceptors (Lipinski definition) is 5. The molecule has 0 spiro atoms. The van der Waals surface area contributed by atoms with Crippen molar-refractivity contribution in [2.75, 3.05) is 6.61 Å². The summed E-state index contributed by atoms with van der Waals surface area (Å²) in [6, 6.07) is -0.803. The van der Waals surface area contributed by atoms with Crippen LogP contribution in [0.2, 0.25) is 0 Å². The van der Waals surface area contributed by atoms with Crippen molar-refractivity contribution >= 4 is 23.2 Å². The largest absolute Gasteiger partial charge is 0.464 e. The Morgan fingerprint density at radius 2 is 2.31 bits per heavy atom. The number of aromatic nitrogens is 1. The van der Waals surface area contributed by atoms with Gasteiger partial charge in [0.25, 0.3) is 0 Å². The molecule has 1 atom stereocenters. The minimum absolute atomic E-state index is 0.276. The number of ether oxygens (including phenoxy) is 1. The molecule has 6 heteroatoms. The minimum atomic E-state index is -0.803. The number of aryl methyl sites for hydroxylation is 1. The Labute approximate surface area is 97.8 Å². The van der Waals surface area contributed by atoms with Crippen molar-refractivity contribution in [3.63, 3.8) is 0 Å². The summed E-state index contributed by atoms with van der Waals surface area (Å²) in [4.78, 5) is 26.8. The third-order valence-electron chi connectivity index (χ3n) is 1.80. The summed E-state index contributed by atoms with van der Waals surface area (Å²) < 4.78 is 4.88. The predicted octanol–water partition coefficient (Wildman–Crippen LogP) is 1.19. The van der Waals surface area contributed by atoms with Gasteiger partial charge in [0.2, 0.25) is 5.91 Å². The maximum atomic E-state index is 11.6. The van der Waals surface area contributed by atoms with E-state index in [9.17, 15) is 9.59 Å². The van der Waals surface area contributed by atoms with Crippen molar-refractivity contribution < 1.29 is 14.3 Å². The first-order chi connectivity index (χ1) is 7.54. The third kappa shape index (κ3) is 3.30. The maximum Gasteiger partial charge on any atom is 0.335 e. The third-order valence-corrected chi connectivity index (χ3v) is 2.59. The molecule has 0 aromatic carbocycles. The first kappa shape index (κ1) is 12.6. The van der Waals surface area contributed by atoms with Gasteiger partial charge in [0, 0.05) is 12.3 Å². The molecule has 0 fully saturated rings. The van der Waals surface area contributed by atoms with Crippen molar-refractivity contribution in [1.29, 1.82) is 0 Å². The highest BCUT2D eigenvalue weighted by molar-refractivity contribution is 7.09. The van der Waals surface area contributed by atoms with Gasteiger partial charge in [-0.25, -0.2) is 9.78 Å². The standard InChI is InChI=1S/C10H14N2O3S/c1-4-15-10(14)9(11-6(2)13)8-5-16-7(3)12-8/h5,9H,4H2,1-3H3,(H,11,13). The van der Waals surface area contributed by atoms with E-state index in [0.29, 0.717) is 5.69 Å². The first-order valence-corrected chi connectivity index (χ1v) is 5.78. The van der Waals surface area contributed by atoms with Gasteiger partial charge in [-0.1, -0.05) is 0 Å². The van der Waals surface area contributed by atoms with E-state index in [0.717, 1.165) is 5.01 Å². The van der Waals surface area contributed by atoms with E-state index >= 15 is 0 Å². The van der Waals surface area contributed by atoms with Crippen LogP contribution in [0.4, 0.5) is 0 Å². The molecule has 0 radical (unpaired) electrons. The number of thiazole rings is 1. The first-order valence-electron chi connectivity index (χ1n) is 4.90. The SMILES string of the molecule is CCOC(=O)C(NC(C)=O)c1csc(C)n1. The average Bonchev–Trinajstić information content (AvgIpc) is 2.61. The average molecular weight is 242 g/mol. The molecule has 1 unspecified atom stereocenters. The second-order valence-electron chi connectivity index (χ2n) is 3.18. The van der Waals surface area contributed by atoms with Crippen LogP contribution < -0.4 is 5.32 Å². The Balaban J connectivity index is 2.86. The summed E-state index contributed by atoms with van der Waals surface area (Å²) in [6.07, 6.45) is 0. The monoisotopic (exact) mass is 242 g/mol. The minimum Gasteiger partial charge on any atom is -0.464 e. The molecule has 1 amide bonds. The van der Waals surface area contributed by atoms with Gasteiger partial charge in [-0.05, 0) is 13.8 Å². The molecule has 0 aliphatic rings. The second kappa shape index (κ2) is 5.60. The zero-order valence-corrected chi connectivity index (χ0v) is 10.3. The van der Waals surface area contributed by atoms with E-state index in [1.165, 1.54) is 18.3 Å². The zero-order valence-electron chi connectivity index (χ0n) is 9.44. The van der Waals surface area contributed by atoms with Gasteiger partial charge >= 0.3 is 5.97 Å². The van der Waals surface area contributed by atoms with E-state index in [4.69, 9.17) is 4.74 Å². The van der Waals surface area contributed by atoms with Crippen LogP contribution in [0, 0.1) is 6.92 Å². The van der Waals surface area contributed by atoms with Crippen LogP contribution in [0.5, 0.6) is 0 Å². The lowest BCUT2D eigenvalue weighted by Crippen LogP contribution is -2.33. The van der Waals surface area contributed by atoms with Gasteiger partial charge in [-0.3, -0.25) is 4.79 Å². The van der Waals surface area contributed by atoms with Crippen LogP contribution in [0.15, 0.2) is 5.38 Å². The molecular weight excluding hydrogens is 228 g/mol. The lowest BCUT2D eigenvalue weighted by atomic mass is 10.2. The summed E-state index contributed by atoms with van der Waals surface area (Å²) in [5.41, 5.74) is 0.524. The Kier molecular flexibility index (Phi) is 4.42. The molecular formula is C10H14N2O3S. The van der Waals surface area contributed by atoms with E-state index in [-0.39, 0.29) is 12.5 Å². The van der Waals surface area contributed by atoms with Crippen LogP contribution in [0.3, 0.4) is 0 Å². The fourth-order valence-electron chi connectivity index (χ4n) is 1.20. The van der Waals surface area contributed by atoms with Crippen molar-refractivity contribution in [1.82, 2.24) is 10.3 Å². The number of nitrogens with one attached hydrogen (secondary N) is 1. The molecule has 1 rings (SSSR count). The lowest BCUT2D eigenvalue weighted by Gasteiger charge is -2.13. The normalized spacial score (nSPS) is 11.9. The summed E-state index contributed by atoms with van der Waals surface area (Å²) in [7, 11) is 0. The highest BCUT2D eigenvalue weighted by atomic mass is 32.1. The predicted molar refractivity (Wildman–Crippen MR) is 60.0 cm³/mol. The molecule has 0 bridgehead atoms. The topological polar surface area (TPSA) is 68.3 Å². The molecule has 0 aliphatic carbocycles. The van der Waals surface area contributed by atoms with E-state index in [2.05, 4.69) is 10.3 Å². The van der Waals surface area contributed by atoms with Gasteiger partial charge in [0.05, 0.1) is 17.3 Å². The van der Waals surface area contributed by atoms with E-state index in [1.54, 1.807) is 12.3 Å². The second-order valence-corrected chi connectivity index (χ2v) is 4.24. The van der Waals surface area contributed by atoms with Crippen LogP contribution in [-0.2, 0) is 14.3 Å². The smallest absolute Gasteiger partial charge is 0.335 e. The van der Waals surface area contributed by atoms with Crippen molar-refractivity contribution in [3.05, 3.63) is 16.1 Å². The van der Waals surface area contributed by atoms with Gasteiger partial charge in [-0.2, -0.15) is 0 Å². The van der Waals surface area contributed by atoms with Gasteiger partial charge in [0.1, 0.15) is 0 Å². The van der Waals surface area contributed by atoms with Crippen LogP contribution in [-0.4, -0.2) is 23.5 Å². The molecule has 0 aliphatic heterocycles. The van der Waals surface area contributed by atoms with Crippen molar-refractivity contribution in [2.24, 2.45) is 0 Å². The number of carbonyl (C=O) groups excluding carboxylic acids is 2. The van der Waals surface area contributed by atoms with Gasteiger partial charge < -0.3 is 10.1 Å². The lowest BCUT2D eigenvalue weighted by molar-refractivity contribution is -0.147. The molecule has 1 aromatic rings. The highest BCUT2D eigenvalue weighted by Crippen LogP contribution is 2.17. The number of amides is 1. The molecule has 0 saturated heterocycles. The molecule has 1 heterocycles. The molecule has 0 saturated carbocycles. The van der Waals surface area contributed by atoms with Crippen molar-refractivity contribution in [3.8, 4) is 0 Å². The number of carbonyl (C=O) groups is 2. The Morgan fingerprint density at radius 1 is 1.62 bits per heavy atom. The summed E-state index contributed by atoms with van der Waals surface area (Å²) in [5.74, 6) is -0.772. The summed E-state index contributed by atoms with van der Waals surface area (Å²) >= 11 is 1.43. The Morgan fingerprint density at radius 3 is 2.75 bits per heavy atom. The van der Waals surface area contributed by atoms with Gasteiger partial charge in [0.15, 0.2) is 6.04 Å². The molecule has 16 heavy (non-hydrogen) atoms. The molecule has 88 valence electrons. The van der Waals surface area contributed by atoms with Gasteiger partial charge in [-0.15, -0.1) is 11.3 Å². The maximum absolute atomic E-state index is 11.6. The molecule has 5 nitrogen and oxygen atoms in total. The summed E-state index contributed by atoms with van der Waals surface area (Å²) in [6.45, 7) is 5.18. The highest BCUT2D eigenvalue weighted by Gasteiger charge is 2.24. The van der Waals surface area contributed by atoms with E-state index in [1.807, 2.05) is 6.92 Å². The zero-order chi connectivity index (χ0) is 12.1. The van der Waals surface area contributed by atoms with Crippen molar-refractivity contribution in [2.45, 2.75) is 26.8 Å². The Bertz CT molecular complexity index is 389. The number of rotatable bonds is 4. The fourth-order valence-corrected chi connectivity index (χ4v) is 1.83. The fraction of sp³-hybridized carbons (Fsp3) is 0.500. The van der Waals surface area contributed by atoms with E-state index < -0.39 is 12.0 Å². The number of nitrogens with zero attached hydrogens (tertiary/aromatic N) is 1. The number of hydrogen-bond donors (Lipinski definition) is 1. The van der Waals surface area contributed by atoms with Crippen LogP contribution in [0.25, 0.3) is 0 Å². The van der Waals surface area contributed by atoms with Crippen LogP contribution in [0.1, 0.15) is 30.6 Å². The Hall–Kier alpha value is -1.43.